The Morgan fingerprint density at radius 3 is 3.06 bits per heavy atom. The van der Waals surface area contributed by atoms with Crippen LogP contribution in [-0.2, 0) is 4.79 Å². The first-order valence-corrected chi connectivity index (χ1v) is 6.86. The number of amides is 1. The van der Waals surface area contributed by atoms with Crippen LogP contribution in [0.5, 0.6) is 0 Å². The minimum Gasteiger partial charge on any atom is -0.378 e. The zero-order chi connectivity index (χ0) is 12.7. The van der Waals surface area contributed by atoms with Crippen molar-refractivity contribution in [2.24, 2.45) is 0 Å². The Morgan fingerprint density at radius 2 is 2.28 bits per heavy atom. The van der Waals surface area contributed by atoms with E-state index in [1.54, 1.807) is 0 Å². The summed E-state index contributed by atoms with van der Waals surface area (Å²) < 4.78 is 0. The molecule has 0 aliphatic carbocycles. The maximum Gasteiger partial charge on any atom is 0.225 e. The Morgan fingerprint density at radius 1 is 1.44 bits per heavy atom. The number of hydrogen-bond donors (Lipinski definition) is 1. The van der Waals surface area contributed by atoms with Crippen molar-refractivity contribution in [3.63, 3.8) is 0 Å². The average molecular weight is 265 g/mol. The largest absolute Gasteiger partial charge is 0.378 e. The van der Waals surface area contributed by atoms with Gasteiger partial charge < -0.3 is 10.2 Å². The fraction of sp³-hybridized carbons (Fsp3) is 0.500. The number of nitrogens with one attached hydrogen (secondary N) is 1. The lowest BCUT2D eigenvalue weighted by Crippen LogP contribution is -2.34. The van der Waals surface area contributed by atoms with E-state index >= 15 is 0 Å². The summed E-state index contributed by atoms with van der Waals surface area (Å²) >= 11 is 6.23. The standard InChI is InChI=1S/C14H17ClN2O/c1-9-4-2-5-10(15)14(9)16-11-8-13(18)17-7-3-6-12(11)17/h2,4-5,11-12,16H,3,6-8H2,1H3. The highest BCUT2D eigenvalue weighted by Crippen LogP contribution is 2.34. The van der Waals surface area contributed by atoms with E-state index in [2.05, 4.69) is 5.32 Å². The average Bonchev–Trinajstić information content (AvgIpc) is 2.90. The SMILES string of the molecule is Cc1cccc(Cl)c1NC1CC(=O)N2CCCC12. The first-order valence-electron chi connectivity index (χ1n) is 6.48. The van der Waals surface area contributed by atoms with Gasteiger partial charge in [-0.15, -0.1) is 0 Å². The predicted molar refractivity (Wildman–Crippen MR) is 73.0 cm³/mol. The quantitative estimate of drug-likeness (QED) is 0.891. The molecule has 18 heavy (non-hydrogen) atoms. The molecule has 2 aliphatic rings. The third-order valence-corrected chi connectivity index (χ3v) is 4.35. The number of carbonyl (C=O) groups is 1. The second kappa shape index (κ2) is 4.47. The number of fused-ring (bicyclic) bond motifs is 1. The molecule has 0 spiro atoms. The molecule has 2 fully saturated rings. The van der Waals surface area contributed by atoms with Crippen molar-refractivity contribution < 1.29 is 4.79 Å². The molecule has 96 valence electrons. The van der Waals surface area contributed by atoms with Gasteiger partial charge in [0.2, 0.25) is 5.91 Å². The van der Waals surface area contributed by atoms with E-state index in [9.17, 15) is 4.79 Å². The fourth-order valence-electron chi connectivity index (χ4n) is 3.11. The smallest absolute Gasteiger partial charge is 0.225 e. The molecule has 2 heterocycles. The highest BCUT2D eigenvalue weighted by molar-refractivity contribution is 6.33. The molecule has 0 bridgehead atoms. The molecule has 0 radical (unpaired) electrons. The van der Waals surface area contributed by atoms with Crippen LogP contribution in [0, 0.1) is 6.92 Å². The lowest BCUT2D eigenvalue weighted by molar-refractivity contribution is -0.127. The van der Waals surface area contributed by atoms with Gasteiger partial charge in [0, 0.05) is 13.0 Å². The van der Waals surface area contributed by atoms with Crippen LogP contribution in [0.15, 0.2) is 18.2 Å². The van der Waals surface area contributed by atoms with Crippen LogP contribution in [0.3, 0.4) is 0 Å². The van der Waals surface area contributed by atoms with Gasteiger partial charge in [0.15, 0.2) is 0 Å². The number of aryl methyl sites for hydroxylation is 1. The Labute approximate surface area is 112 Å². The number of rotatable bonds is 2. The van der Waals surface area contributed by atoms with Crippen molar-refractivity contribution in [3.05, 3.63) is 28.8 Å². The van der Waals surface area contributed by atoms with Crippen molar-refractivity contribution in [2.75, 3.05) is 11.9 Å². The Hall–Kier alpha value is -1.22. The molecule has 0 aromatic heterocycles. The van der Waals surface area contributed by atoms with Crippen molar-refractivity contribution in [3.8, 4) is 0 Å². The molecule has 1 aromatic rings. The summed E-state index contributed by atoms with van der Waals surface area (Å²) in [5, 5.41) is 4.22. The summed E-state index contributed by atoms with van der Waals surface area (Å²) in [6, 6.07) is 6.44. The van der Waals surface area contributed by atoms with Crippen molar-refractivity contribution in [1.29, 1.82) is 0 Å². The molecule has 3 nitrogen and oxygen atoms in total. The van der Waals surface area contributed by atoms with E-state index in [1.807, 2.05) is 30.0 Å². The molecular weight excluding hydrogens is 248 g/mol. The van der Waals surface area contributed by atoms with Gasteiger partial charge in [-0.05, 0) is 31.4 Å². The fourth-order valence-corrected chi connectivity index (χ4v) is 3.39. The summed E-state index contributed by atoms with van der Waals surface area (Å²) in [6.07, 6.45) is 2.82. The van der Waals surface area contributed by atoms with E-state index in [-0.39, 0.29) is 11.9 Å². The van der Waals surface area contributed by atoms with Crippen molar-refractivity contribution >= 4 is 23.2 Å². The number of para-hydroxylation sites is 1. The van der Waals surface area contributed by atoms with E-state index < -0.39 is 0 Å². The number of hydrogen-bond acceptors (Lipinski definition) is 2. The number of benzene rings is 1. The van der Waals surface area contributed by atoms with Gasteiger partial charge in [-0.2, -0.15) is 0 Å². The molecule has 1 N–H and O–H groups in total. The van der Waals surface area contributed by atoms with Gasteiger partial charge in [0.25, 0.3) is 0 Å². The molecule has 3 rings (SSSR count). The van der Waals surface area contributed by atoms with E-state index in [4.69, 9.17) is 11.6 Å². The summed E-state index contributed by atoms with van der Waals surface area (Å²) in [7, 11) is 0. The number of carbonyl (C=O) groups excluding carboxylic acids is 1. The topological polar surface area (TPSA) is 32.3 Å². The number of halogens is 1. The summed E-state index contributed by atoms with van der Waals surface area (Å²) in [4.78, 5) is 13.9. The van der Waals surface area contributed by atoms with Crippen LogP contribution in [0.2, 0.25) is 5.02 Å². The molecule has 2 unspecified atom stereocenters. The normalized spacial score (nSPS) is 26.6. The first kappa shape index (κ1) is 11.8. The molecule has 1 amide bonds. The van der Waals surface area contributed by atoms with Gasteiger partial charge >= 0.3 is 0 Å². The molecule has 2 aliphatic heterocycles. The monoisotopic (exact) mass is 264 g/mol. The van der Waals surface area contributed by atoms with Crippen LogP contribution in [-0.4, -0.2) is 29.4 Å². The molecule has 4 heteroatoms. The maximum absolute atomic E-state index is 11.9. The highest BCUT2D eigenvalue weighted by Gasteiger charge is 2.42. The third-order valence-electron chi connectivity index (χ3n) is 4.03. The first-order chi connectivity index (χ1) is 8.66. The lowest BCUT2D eigenvalue weighted by Gasteiger charge is -2.23. The van der Waals surface area contributed by atoms with Gasteiger partial charge in [-0.3, -0.25) is 4.79 Å². The summed E-state index contributed by atoms with van der Waals surface area (Å²) in [5.74, 6) is 0.278. The van der Waals surface area contributed by atoms with Crippen LogP contribution >= 0.6 is 11.6 Å². The van der Waals surface area contributed by atoms with Gasteiger partial charge in [0.1, 0.15) is 0 Å². The van der Waals surface area contributed by atoms with E-state index in [0.29, 0.717) is 12.5 Å². The van der Waals surface area contributed by atoms with Crippen molar-refractivity contribution in [2.45, 2.75) is 38.3 Å². The Balaban J connectivity index is 1.83. The molecular formula is C14H17ClN2O. The molecule has 2 atom stereocenters. The lowest BCUT2D eigenvalue weighted by atomic mass is 10.1. The van der Waals surface area contributed by atoms with E-state index in [1.165, 1.54) is 0 Å². The predicted octanol–water partition coefficient (Wildman–Crippen LogP) is 2.82. The minimum atomic E-state index is 0.207. The van der Waals surface area contributed by atoms with Gasteiger partial charge in [-0.1, -0.05) is 23.7 Å². The molecule has 2 saturated heterocycles. The Kier molecular flexibility index (Phi) is 2.94. The van der Waals surface area contributed by atoms with Gasteiger partial charge in [0.05, 0.1) is 22.8 Å². The zero-order valence-electron chi connectivity index (χ0n) is 10.4. The number of anilines is 1. The Bertz CT molecular complexity index is 468. The second-order valence-corrected chi connectivity index (χ2v) is 5.59. The van der Waals surface area contributed by atoms with Crippen LogP contribution in [0.25, 0.3) is 0 Å². The second-order valence-electron chi connectivity index (χ2n) is 5.18. The van der Waals surface area contributed by atoms with Crippen LogP contribution < -0.4 is 5.32 Å². The van der Waals surface area contributed by atoms with Crippen LogP contribution in [0.4, 0.5) is 5.69 Å². The van der Waals surface area contributed by atoms with E-state index in [0.717, 1.165) is 35.7 Å². The molecule has 1 aromatic carbocycles. The minimum absolute atomic E-state index is 0.207. The maximum atomic E-state index is 11.9. The third kappa shape index (κ3) is 1.87. The van der Waals surface area contributed by atoms with Crippen LogP contribution in [0.1, 0.15) is 24.8 Å². The van der Waals surface area contributed by atoms with Gasteiger partial charge in [-0.25, -0.2) is 0 Å². The summed E-state index contributed by atoms with van der Waals surface area (Å²) in [5.41, 5.74) is 2.11. The number of nitrogens with zero attached hydrogens (tertiary/aromatic N) is 1. The summed E-state index contributed by atoms with van der Waals surface area (Å²) in [6.45, 7) is 2.96. The zero-order valence-corrected chi connectivity index (χ0v) is 11.2. The van der Waals surface area contributed by atoms with Crippen molar-refractivity contribution in [1.82, 2.24) is 4.90 Å². The molecule has 0 saturated carbocycles. The highest BCUT2D eigenvalue weighted by atomic mass is 35.5.